The Kier molecular flexibility index (Phi) is 4.61. The highest BCUT2D eigenvalue weighted by Gasteiger charge is 2.31. The molecule has 1 fully saturated rings. The van der Waals surface area contributed by atoms with Gasteiger partial charge in [-0.2, -0.15) is 0 Å². The van der Waals surface area contributed by atoms with E-state index >= 15 is 0 Å². The monoisotopic (exact) mass is 291 g/mol. The van der Waals surface area contributed by atoms with E-state index < -0.39 is 11.4 Å². The van der Waals surface area contributed by atoms with Crippen molar-refractivity contribution in [1.29, 1.82) is 0 Å². The van der Waals surface area contributed by atoms with Crippen molar-refractivity contribution in [1.82, 2.24) is 4.90 Å². The minimum absolute atomic E-state index is 0.00237. The zero-order chi connectivity index (χ0) is 15.5. The van der Waals surface area contributed by atoms with Crippen molar-refractivity contribution in [2.24, 2.45) is 0 Å². The predicted molar refractivity (Wildman–Crippen MR) is 76.3 cm³/mol. The normalized spacial score (nSPS) is 17.0. The maximum absolute atomic E-state index is 13.9. The standard InChI is InChI=1S/C16H18FNO3/c1-16(2)11-18(7-9-21-16)15(20)13-10-12(4-3-8-19)5-6-14(13)17/h5-6,10,19H,7-9,11H2,1-2H3. The topological polar surface area (TPSA) is 49.8 Å². The fourth-order valence-electron chi connectivity index (χ4n) is 2.27. The van der Waals surface area contributed by atoms with Gasteiger partial charge in [-0.1, -0.05) is 11.8 Å². The summed E-state index contributed by atoms with van der Waals surface area (Å²) in [5.74, 6) is 4.22. The maximum Gasteiger partial charge on any atom is 0.257 e. The largest absolute Gasteiger partial charge is 0.384 e. The van der Waals surface area contributed by atoms with Gasteiger partial charge in [-0.15, -0.1) is 0 Å². The molecule has 4 nitrogen and oxygen atoms in total. The molecule has 1 saturated heterocycles. The number of benzene rings is 1. The molecular formula is C16H18FNO3. The molecule has 2 rings (SSSR count). The van der Waals surface area contributed by atoms with Gasteiger partial charge in [0.05, 0.1) is 17.8 Å². The molecule has 112 valence electrons. The lowest BCUT2D eigenvalue weighted by Crippen LogP contribution is -2.50. The van der Waals surface area contributed by atoms with Gasteiger partial charge in [0, 0.05) is 18.7 Å². The number of halogens is 1. The number of rotatable bonds is 1. The van der Waals surface area contributed by atoms with Gasteiger partial charge in [-0.05, 0) is 32.0 Å². The van der Waals surface area contributed by atoms with Crippen LogP contribution in [0.1, 0.15) is 29.8 Å². The van der Waals surface area contributed by atoms with E-state index in [2.05, 4.69) is 11.8 Å². The fraction of sp³-hybridized carbons (Fsp3) is 0.438. The average Bonchev–Trinajstić information content (AvgIpc) is 2.44. The number of carbonyl (C=O) groups is 1. The van der Waals surface area contributed by atoms with Gasteiger partial charge in [-0.25, -0.2) is 4.39 Å². The Balaban J connectivity index is 2.26. The second-order valence-electron chi connectivity index (χ2n) is 5.49. The van der Waals surface area contributed by atoms with Crippen LogP contribution in [0, 0.1) is 17.7 Å². The summed E-state index contributed by atoms with van der Waals surface area (Å²) >= 11 is 0. The molecule has 0 aliphatic carbocycles. The van der Waals surface area contributed by atoms with Crippen LogP contribution in [-0.4, -0.2) is 47.8 Å². The van der Waals surface area contributed by atoms with Crippen LogP contribution in [0.4, 0.5) is 4.39 Å². The number of hydrogen-bond acceptors (Lipinski definition) is 3. The van der Waals surface area contributed by atoms with Crippen molar-refractivity contribution in [3.05, 3.63) is 35.1 Å². The molecule has 1 aromatic carbocycles. The van der Waals surface area contributed by atoms with E-state index in [9.17, 15) is 9.18 Å². The first-order chi connectivity index (χ1) is 9.93. The smallest absolute Gasteiger partial charge is 0.257 e. The summed E-state index contributed by atoms with van der Waals surface area (Å²) < 4.78 is 19.5. The van der Waals surface area contributed by atoms with Gasteiger partial charge in [0.15, 0.2) is 0 Å². The lowest BCUT2D eigenvalue weighted by molar-refractivity contribution is -0.0764. The quantitative estimate of drug-likeness (QED) is 0.796. The molecule has 0 saturated carbocycles. The predicted octanol–water partition coefficient (Wildman–Crippen LogP) is 1.42. The molecule has 1 amide bonds. The Morgan fingerprint density at radius 1 is 1.52 bits per heavy atom. The summed E-state index contributed by atoms with van der Waals surface area (Å²) in [6.07, 6.45) is 0. The van der Waals surface area contributed by atoms with Crippen molar-refractivity contribution >= 4 is 5.91 Å². The average molecular weight is 291 g/mol. The Hall–Kier alpha value is -1.90. The third-order valence-electron chi connectivity index (χ3n) is 3.22. The van der Waals surface area contributed by atoms with E-state index in [1.54, 1.807) is 4.90 Å². The van der Waals surface area contributed by atoms with Crippen molar-refractivity contribution in [3.8, 4) is 11.8 Å². The van der Waals surface area contributed by atoms with E-state index in [0.29, 0.717) is 25.3 Å². The molecule has 0 spiro atoms. The van der Waals surface area contributed by atoms with Crippen LogP contribution < -0.4 is 0 Å². The molecule has 1 aromatic rings. The molecular weight excluding hydrogens is 273 g/mol. The molecule has 21 heavy (non-hydrogen) atoms. The molecule has 0 unspecified atom stereocenters. The summed E-state index contributed by atoms with van der Waals surface area (Å²) in [4.78, 5) is 14.1. The molecule has 0 aromatic heterocycles. The fourth-order valence-corrected chi connectivity index (χ4v) is 2.27. The Bertz CT molecular complexity index is 601. The highest BCUT2D eigenvalue weighted by molar-refractivity contribution is 5.95. The molecule has 1 heterocycles. The first-order valence-corrected chi connectivity index (χ1v) is 6.75. The van der Waals surface area contributed by atoms with Crippen LogP contribution in [0.3, 0.4) is 0 Å². The summed E-state index contributed by atoms with van der Waals surface area (Å²) in [6.45, 7) is 4.80. The summed E-state index contributed by atoms with van der Waals surface area (Å²) in [6, 6.07) is 4.13. The van der Waals surface area contributed by atoms with Crippen LogP contribution >= 0.6 is 0 Å². The van der Waals surface area contributed by atoms with Gasteiger partial charge in [0.2, 0.25) is 0 Å². The van der Waals surface area contributed by atoms with Gasteiger partial charge in [-0.3, -0.25) is 4.79 Å². The molecule has 0 radical (unpaired) electrons. The zero-order valence-electron chi connectivity index (χ0n) is 12.1. The second kappa shape index (κ2) is 6.25. The molecule has 1 aliphatic rings. The van der Waals surface area contributed by atoms with Crippen molar-refractivity contribution in [2.75, 3.05) is 26.3 Å². The minimum Gasteiger partial charge on any atom is -0.384 e. The molecule has 5 heteroatoms. The van der Waals surface area contributed by atoms with Crippen LogP contribution in [-0.2, 0) is 4.74 Å². The number of aliphatic hydroxyl groups excluding tert-OH is 1. The Labute approximate surface area is 123 Å². The number of ether oxygens (including phenoxy) is 1. The van der Waals surface area contributed by atoms with Crippen LogP contribution in [0.5, 0.6) is 0 Å². The third kappa shape index (κ3) is 3.81. The first-order valence-electron chi connectivity index (χ1n) is 6.75. The van der Waals surface area contributed by atoms with Crippen molar-refractivity contribution in [2.45, 2.75) is 19.4 Å². The lowest BCUT2D eigenvalue weighted by Gasteiger charge is -2.38. The SMILES string of the molecule is CC1(C)CN(C(=O)c2cc(C#CCO)ccc2F)CCO1. The van der Waals surface area contributed by atoms with Gasteiger partial charge < -0.3 is 14.7 Å². The van der Waals surface area contributed by atoms with E-state index in [0.717, 1.165) is 0 Å². The van der Waals surface area contributed by atoms with Crippen LogP contribution in [0.15, 0.2) is 18.2 Å². The van der Waals surface area contributed by atoms with Crippen LogP contribution in [0.2, 0.25) is 0 Å². The number of aliphatic hydroxyl groups is 1. The highest BCUT2D eigenvalue weighted by Crippen LogP contribution is 2.20. The van der Waals surface area contributed by atoms with Gasteiger partial charge in [0.25, 0.3) is 5.91 Å². The molecule has 1 aliphatic heterocycles. The van der Waals surface area contributed by atoms with E-state index in [-0.39, 0.29) is 18.1 Å². The second-order valence-corrected chi connectivity index (χ2v) is 5.49. The minimum atomic E-state index is -0.571. The lowest BCUT2D eigenvalue weighted by atomic mass is 10.0. The maximum atomic E-state index is 13.9. The first kappa shape index (κ1) is 15.5. The summed E-state index contributed by atoms with van der Waals surface area (Å²) in [5, 5.41) is 8.69. The Morgan fingerprint density at radius 2 is 2.29 bits per heavy atom. The highest BCUT2D eigenvalue weighted by atomic mass is 19.1. The number of carbonyl (C=O) groups excluding carboxylic acids is 1. The zero-order valence-corrected chi connectivity index (χ0v) is 12.1. The Morgan fingerprint density at radius 3 is 2.95 bits per heavy atom. The number of amides is 1. The number of morpholine rings is 1. The van der Waals surface area contributed by atoms with Gasteiger partial charge in [0.1, 0.15) is 12.4 Å². The molecule has 0 atom stereocenters. The van der Waals surface area contributed by atoms with E-state index in [1.807, 2.05) is 13.8 Å². The van der Waals surface area contributed by atoms with E-state index in [4.69, 9.17) is 9.84 Å². The number of nitrogens with zero attached hydrogens (tertiary/aromatic N) is 1. The van der Waals surface area contributed by atoms with Crippen molar-refractivity contribution < 1.29 is 19.0 Å². The summed E-state index contributed by atoms with van der Waals surface area (Å²) in [5.41, 5.74) is 0.0670. The van der Waals surface area contributed by atoms with Gasteiger partial charge >= 0.3 is 0 Å². The number of hydrogen-bond donors (Lipinski definition) is 1. The third-order valence-corrected chi connectivity index (χ3v) is 3.22. The molecule has 1 N–H and O–H groups in total. The van der Waals surface area contributed by atoms with Crippen molar-refractivity contribution in [3.63, 3.8) is 0 Å². The van der Waals surface area contributed by atoms with Crippen LogP contribution in [0.25, 0.3) is 0 Å². The molecule has 0 bridgehead atoms. The van der Waals surface area contributed by atoms with E-state index in [1.165, 1.54) is 18.2 Å². The summed E-state index contributed by atoms with van der Waals surface area (Å²) in [7, 11) is 0.